The molecule has 2 rings (SSSR count). The first-order chi connectivity index (χ1) is 8.18. The van der Waals surface area contributed by atoms with Gasteiger partial charge in [-0.3, -0.25) is 4.98 Å². The molecule has 90 valence electrons. The van der Waals surface area contributed by atoms with Gasteiger partial charge >= 0.3 is 0 Å². The maximum absolute atomic E-state index is 4.41. The maximum Gasteiger partial charge on any atom is 0.0679 e. The molecule has 1 N–H and O–H groups in total. The molecule has 0 aliphatic carbocycles. The molecular weight excluding hydrogens is 212 g/mol. The van der Waals surface area contributed by atoms with Crippen LogP contribution in [0.25, 0.3) is 5.69 Å². The molecule has 0 spiro atoms. The molecular formula is C13H18N4. The SMILES string of the molecule is Cc1c(CNC(C)C)cnn1-c1ccncc1. The molecule has 17 heavy (non-hydrogen) atoms. The topological polar surface area (TPSA) is 42.7 Å². The predicted octanol–water partition coefficient (Wildman–Crippen LogP) is 2.07. The maximum atomic E-state index is 4.41. The molecule has 2 aromatic rings. The minimum absolute atomic E-state index is 0.485. The van der Waals surface area contributed by atoms with E-state index >= 15 is 0 Å². The van der Waals surface area contributed by atoms with Crippen LogP contribution < -0.4 is 5.32 Å². The predicted molar refractivity (Wildman–Crippen MR) is 68.1 cm³/mol. The van der Waals surface area contributed by atoms with Crippen LogP contribution in [0.3, 0.4) is 0 Å². The highest BCUT2D eigenvalue weighted by molar-refractivity contribution is 5.32. The fourth-order valence-corrected chi connectivity index (χ4v) is 1.68. The Kier molecular flexibility index (Phi) is 3.54. The van der Waals surface area contributed by atoms with Gasteiger partial charge < -0.3 is 5.32 Å². The van der Waals surface area contributed by atoms with Gasteiger partial charge in [-0.05, 0) is 19.1 Å². The normalized spacial score (nSPS) is 11.1. The molecule has 2 heterocycles. The van der Waals surface area contributed by atoms with E-state index in [4.69, 9.17) is 0 Å². The molecule has 0 radical (unpaired) electrons. The fraction of sp³-hybridized carbons (Fsp3) is 0.385. The molecule has 0 bridgehead atoms. The summed E-state index contributed by atoms with van der Waals surface area (Å²) in [5.41, 5.74) is 3.45. The van der Waals surface area contributed by atoms with Gasteiger partial charge in [-0.1, -0.05) is 13.8 Å². The molecule has 0 saturated heterocycles. The van der Waals surface area contributed by atoms with Crippen molar-refractivity contribution in [2.45, 2.75) is 33.4 Å². The van der Waals surface area contributed by atoms with E-state index in [1.54, 1.807) is 12.4 Å². The van der Waals surface area contributed by atoms with E-state index in [0.717, 1.165) is 12.2 Å². The fourth-order valence-electron chi connectivity index (χ4n) is 1.68. The van der Waals surface area contributed by atoms with Crippen LogP contribution in [0.5, 0.6) is 0 Å². The number of hydrogen-bond donors (Lipinski definition) is 1. The van der Waals surface area contributed by atoms with Gasteiger partial charge in [0, 0.05) is 36.2 Å². The van der Waals surface area contributed by atoms with Gasteiger partial charge in [-0.25, -0.2) is 4.68 Å². The molecule has 4 nitrogen and oxygen atoms in total. The smallest absolute Gasteiger partial charge is 0.0679 e. The summed E-state index contributed by atoms with van der Waals surface area (Å²) in [7, 11) is 0. The van der Waals surface area contributed by atoms with Gasteiger partial charge in [-0.15, -0.1) is 0 Å². The summed E-state index contributed by atoms with van der Waals surface area (Å²) in [6.45, 7) is 7.23. The first-order valence-electron chi connectivity index (χ1n) is 5.85. The van der Waals surface area contributed by atoms with Gasteiger partial charge in [0.15, 0.2) is 0 Å². The van der Waals surface area contributed by atoms with Gasteiger partial charge in [0.05, 0.1) is 11.9 Å². The monoisotopic (exact) mass is 230 g/mol. The van der Waals surface area contributed by atoms with Crippen LogP contribution >= 0.6 is 0 Å². The molecule has 0 aliphatic rings. The van der Waals surface area contributed by atoms with Crippen LogP contribution in [0.2, 0.25) is 0 Å². The van der Waals surface area contributed by atoms with Crippen LogP contribution in [0, 0.1) is 6.92 Å². The Balaban J connectivity index is 2.21. The number of hydrogen-bond acceptors (Lipinski definition) is 3. The average molecular weight is 230 g/mol. The van der Waals surface area contributed by atoms with E-state index in [1.807, 2.05) is 23.0 Å². The van der Waals surface area contributed by atoms with E-state index in [1.165, 1.54) is 11.3 Å². The van der Waals surface area contributed by atoms with E-state index < -0.39 is 0 Å². The third-order valence-electron chi connectivity index (χ3n) is 2.72. The van der Waals surface area contributed by atoms with Crippen molar-refractivity contribution in [1.29, 1.82) is 0 Å². The van der Waals surface area contributed by atoms with Crippen molar-refractivity contribution in [3.05, 3.63) is 42.0 Å². The molecule has 0 aromatic carbocycles. The summed E-state index contributed by atoms with van der Waals surface area (Å²) in [5, 5.41) is 7.81. The Morgan fingerprint density at radius 2 is 2.00 bits per heavy atom. The van der Waals surface area contributed by atoms with E-state index in [9.17, 15) is 0 Å². The molecule has 0 unspecified atom stereocenters. The highest BCUT2D eigenvalue weighted by atomic mass is 15.3. The van der Waals surface area contributed by atoms with Crippen molar-refractivity contribution in [3.63, 3.8) is 0 Å². The molecule has 0 aliphatic heterocycles. The van der Waals surface area contributed by atoms with Crippen LogP contribution in [0.1, 0.15) is 25.1 Å². The van der Waals surface area contributed by atoms with Crippen molar-refractivity contribution in [2.75, 3.05) is 0 Å². The average Bonchev–Trinajstić information content (AvgIpc) is 2.69. The molecule has 2 aromatic heterocycles. The van der Waals surface area contributed by atoms with Crippen LogP contribution in [-0.4, -0.2) is 20.8 Å². The zero-order valence-corrected chi connectivity index (χ0v) is 10.5. The highest BCUT2D eigenvalue weighted by Crippen LogP contribution is 2.13. The summed E-state index contributed by atoms with van der Waals surface area (Å²) < 4.78 is 1.94. The first-order valence-corrected chi connectivity index (χ1v) is 5.85. The Morgan fingerprint density at radius 1 is 1.29 bits per heavy atom. The second-order valence-corrected chi connectivity index (χ2v) is 4.41. The number of aromatic nitrogens is 3. The lowest BCUT2D eigenvalue weighted by atomic mass is 10.2. The minimum atomic E-state index is 0.485. The summed E-state index contributed by atoms with van der Waals surface area (Å²) in [5.74, 6) is 0. The number of nitrogens with zero attached hydrogens (tertiary/aromatic N) is 3. The van der Waals surface area contributed by atoms with Gasteiger partial charge in [0.25, 0.3) is 0 Å². The van der Waals surface area contributed by atoms with Crippen molar-refractivity contribution in [2.24, 2.45) is 0 Å². The van der Waals surface area contributed by atoms with E-state index in [2.05, 4.69) is 36.2 Å². The summed E-state index contributed by atoms with van der Waals surface area (Å²) in [6, 6.07) is 4.40. The Bertz CT molecular complexity index is 473. The van der Waals surface area contributed by atoms with Crippen molar-refractivity contribution < 1.29 is 0 Å². The number of nitrogens with one attached hydrogen (secondary N) is 1. The van der Waals surface area contributed by atoms with Crippen molar-refractivity contribution >= 4 is 0 Å². The lowest BCUT2D eigenvalue weighted by molar-refractivity contribution is 0.587. The highest BCUT2D eigenvalue weighted by Gasteiger charge is 2.07. The molecule has 0 atom stereocenters. The standard InChI is InChI=1S/C13H18N4/c1-10(2)15-8-12-9-16-17(11(12)3)13-4-6-14-7-5-13/h4-7,9-10,15H,8H2,1-3H3. The first kappa shape index (κ1) is 11.8. The van der Waals surface area contributed by atoms with Crippen LogP contribution in [-0.2, 0) is 6.54 Å². The summed E-state index contributed by atoms with van der Waals surface area (Å²) in [6.07, 6.45) is 5.48. The van der Waals surface area contributed by atoms with Crippen molar-refractivity contribution in [3.8, 4) is 5.69 Å². The third kappa shape index (κ3) is 2.71. The molecule has 0 amide bonds. The van der Waals surface area contributed by atoms with Crippen LogP contribution in [0.15, 0.2) is 30.7 Å². The Morgan fingerprint density at radius 3 is 2.65 bits per heavy atom. The molecule has 0 fully saturated rings. The Hall–Kier alpha value is -1.68. The van der Waals surface area contributed by atoms with E-state index in [-0.39, 0.29) is 0 Å². The quantitative estimate of drug-likeness (QED) is 0.874. The van der Waals surface area contributed by atoms with E-state index in [0.29, 0.717) is 6.04 Å². The number of pyridine rings is 1. The summed E-state index contributed by atoms with van der Waals surface area (Å²) in [4.78, 5) is 4.01. The largest absolute Gasteiger partial charge is 0.310 e. The van der Waals surface area contributed by atoms with Gasteiger partial charge in [0.1, 0.15) is 0 Å². The number of rotatable bonds is 4. The van der Waals surface area contributed by atoms with Gasteiger partial charge in [0.2, 0.25) is 0 Å². The lowest BCUT2D eigenvalue weighted by Crippen LogP contribution is -2.22. The second kappa shape index (κ2) is 5.10. The second-order valence-electron chi connectivity index (χ2n) is 4.41. The zero-order chi connectivity index (χ0) is 12.3. The molecule has 4 heteroatoms. The Labute approximate surface area is 102 Å². The van der Waals surface area contributed by atoms with Crippen LogP contribution in [0.4, 0.5) is 0 Å². The van der Waals surface area contributed by atoms with Crippen molar-refractivity contribution in [1.82, 2.24) is 20.1 Å². The zero-order valence-electron chi connectivity index (χ0n) is 10.5. The lowest BCUT2D eigenvalue weighted by Gasteiger charge is -2.08. The van der Waals surface area contributed by atoms with Gasteiger partial charge in [-0.2, -0.15) is 5.10 Å². The minimum Gasteiger partial charge on any atom is -0.310 e. The third-order valence-corrected chi connectivity index (χ3v) is 2.72. The summed E-state index contributed by atoms with van der Waals surface area (Å²) >= 11 is 0. The molecule has 0 saturated carbocycles.